The number of aromatic nitrogens is 1. The summed E-state index contributed by atoms with van der Waals surface area (Å²) in [5, 5.41) is 4.70. The Labute approximate surface area is 120 Å². The largest absolute Gasteiger partial charge is 0.380 e. The number of ether oxygens (including phenoxy) is 1. The topological polar surface area (TPSA) is 37.4 Å². The second kappa shape index (κ2) is 7.22. The van der Waals surface area contributed by atoms with Gasteiger partial charge in [0.15, 0.2) is 5.13 Å². The second-order valence-corrected chi connectivity index (χ2v) is 6.08. The van der Waals surface area contributed by atoms with Crippen molar-refractivity contribution in [3.63, 3.8) is 0 Å². The van der Waals surface area contributed by atoms with Crippen molar-refractivity contribution < 1.29 is 4.74 Å². The molecule has 1 fully saturated rings. The van der Waals surface area contributed by atoms with Crippen molar-refractivity contribution in [2.24, 2.45) is 0 Å². The maximum absolute atomic E-state index is 5.51. The van der Waals surface area contributed by atoms with E-state index in [4.69, 9.17) is 9.72 Å². The molecule has 0 bridgehead atoms. The van der Waals surface area contributed by atoms with Gasteiger partial charge in [-0.05, 0) is 33.2 Å². The predicted octanol–water partition coefficient (Wildman–Crippen LogP) is 2.74. The normalized spacial score (nSPS) is 18.4. The van der Waals surface area contributed by atoms with Crippen LogP contribution in [0.15, 0.2) is 0 Å². The molecule has 2 rings (SSSR count). The lowest BCUT2D eigenvalue weighted by molar-refractivity contribution is 0.152. The van der Waals surface area contributed by atoms with Gasteiger partial charge in [0.05, 0.1) is 12.3 Å². The quantitative estimate of drug-likeness (QED) is 0.901. The fraction of sp³-hybridized carbons (Fsp3) is 0.786. The Morgan fingerprint density at radius 1 is 1.42 bits per heavy atom. The van der Waals surface area contributed by atoms with Crippen LogP contribution in [0, 0.1) is 6.92 Å². The van der Waals surface area contributed by atoms with E-state index in [2.05, 4.69) is 31.0 Å². The zero-order valence-corrected chi connectivity index (χ0v) is 13.1. The fourth-order valence-corrected chi connectivity index (χ4v) is 3.47. The lowest BCUT2D eigenvalue weighted by atomic mass is 10.2. The minimum atomic E-state index is 0.398. The van der Waals surface area contributed by atoms with Crippen molar-refractivity contribution in [1.82, 2.24) is 10.3 Å². The Morgan fingerprint density at radius 3 is 3.05 bits per heavy atom. The first kappa shape index (κ1) is 14.8. The van der Waals surface area contributed by atoms with Crippen molar-refractivity contribution in [2.75, 3.05) is 37.7 Å². The zero-order chi connectivity index (χ0) is 13.7. The Kier molecular flexibility index (Phi) is 5.60. The van der Waals surface area contributed by atoms with Gasteiger partial charge < -0.3 is 15.0 Å². The first-order chi connectivity index (χ1) is 9.22. The van der Waals surface area contributed by atoms with Crippen molar-refractivity contribution >= 4 is 16.5 Å². The summed E-state index contributed by atoms with van der Waals surface area (Å²) in [6.45, 7) is 11.3. The van der Waals surface area contributed by atoms with Crippen LogP contribution < -0.4 is 10.2 Å². The van der Waals surface area contributed by atoms with E-state index in [0.29, 0.717) is 6.04 Å². The molecule has 0 aromatic carbocycles. The highest BCUT2D eigenvalue weighted by atomic mass is 32.1. The number of thiazole rings is 1. The summed E-state index contributed by atoms with van der Waals surface area (Å²) < 4.78 is 5.51. The summed E-state index contributed by atoms with van der Waals surface area (Å²) >= 11 is 1.83. The number of anilines is 1. The molecule has 5 heteroatoms. The first-order valence-corrected chi connectivity index (χ1v) is 8.07. The molecule has 4 nitrogen and oxygen atoms in total. The molecule has 1 saturated heterocycles. The fourth-order valence-electron chi connectivity index (χ4n) is 2.32. The van der Waals surface area contributed by atoms with E-state index in [1.807, 2.05) is 11.3 Å². The number of nitrogens with zero attached hydrogens (tertiary/aromatic N) is 2. The minimum Gasteiger partial charge on any atom is -0.380 e. The molecule has 19 heavy (non-hydrogen) atoms. The van der Waals surface area contributed by atoms with Crippen LogP contribution in [0.1, 0.15) is 43.3 Å². The van der Waals surface area contributed by atoms with E-state index >= 15 is 0 Å². The summed E-state index contributed by atoms with van der Waals surface area (Å²) in [7, 11) is 0. The summed E-state index contributed by atoms with van der Waals surface area (Å²) in [5.74, 6) is 0. The molecule has 1 unspecified atom stereocenters. The molecular weight excluding hydrogens is 258 g/mol. The van der Waals surface area contributed by atoms with Gasteiger partial charge >= 0.3 is 0 Å². The Bertz CT molecular complexity index is 386. The third-order valence-electron chi connectivity index (χ3n) is 3.41. The third kappa shape index (κ3) is 3.91. The van der Waals surface area contributed by atoms with E-state index in [1.54, 1.807) is 0 Å². The molecule has 0 saturated carbocycles. The van der Waals surface area contributed by atoms with Crippen LogP contribution in [0.3, 0.4) is 0 Å². The van der Waals surface area contributed by atoms with Crippen molar-refractivity contribution in [2.45, 2.75) is 39.7 Å². The van der Waals surface area contributed by atoms with Crippen LogP contribution in [0.4, 0.5) is 5.13 Å². The third-order valence-corrected chi connectivity index (χ3v) is 4.81. The standard InChI is InChI=1S/C14H25N3OS/c1-4-6-15-11(2)13-12(3)16-14(19-13)17-7-5-9-18-10-8-17/h11,15H,4-10H2,1-3H3. The molecule has 0 amide bonds. The van der Waals surface area contributed by atoms with Gasteiger partial charge in [-0.2, -0.15) is 0 Å². The number of nitrogens with one attached hydrogen (secondary N) is 1. The molecule has 1 atom stereocenters. The van der Waals surface area contributed by atoms with E-state index in [1.165, 1.54) is 17.0 Å². The summed E-state index contributed by atoms with van der Waals surface area (Å²) in [5.41, 5.74) is 1.17. The van der Waals surface area contributed by atoms with E-state index in [0.717, 1.165) is 44.4 Å². The minimum absolute atomic E-state index is 0.398. The molecule has 1 aliphatic heterocycles. The van der Waals surface area contributed by atoms with E-state index < -0.39 is 0 Å². The average Bonchev–Trinajstić information content (AvgIpc) is 2.65. The van der Waals surface area contributed by atoms with Gasteiger partial charge in [0, 0.05) is 30.6 Å². The summed E-state index contributed by atoms with van der Waals surface area (Å²) in [6, 6.07) is 0.398. The number of hydrogen-bond acceptors (Lipinski definition) is 5. The predicted molar refractivity (Wildman–Crippen MR) is 81.2 cm³/mol. The first-order valence-electron chi connectivity index (χ1n) is 7.25. The van der Waals surface area contributed by atoms with Crippen molar-refractivity contribution in [3.05, 3.63) is 10.6 Å². The second-order valence-electron chi connectivity index (χ2n) is 5.07. The molecule has 1 N–H and O–H groups in total. The molecule has 1 aromatic rings. The van der Waals surface area contributed by atoms with Crippen LogP contribution in [0.2, 0.25) is 0 Å². The highest BCUT2D eigenvalue weighted by Crippen LogP contribution is 2.31. The maximum Gasteiger partial charge on any atom is 0.185 e. The lowest BCUT2D eigenvalue weighted by Gasteiger charge is -2.18. The molecule has 0 spiro atoms. The van der Waals surface area contributed by atoms with Crippen LogP contribution in [-0.2, 0) is 4.74 Å². The van der Waals surface area contributed by atoms with E-state index in [-0.39, 0.29) is 0 Å². The average molecular weight is 283 g/mol. The molecule has 2 heterocycles. The number of aryl methyl sites for hydroxylation is 1. The highest BCUT2D eigenvalue weighted by Gasteiger charge is 2.18. The Balaban J connectivity index is 2.06. The maximum atomic E-state index is 5.51. The molecule has 0 radical (unpaired) electrons. The van der Waals surface area contributed by atoms with E-state index in [9.17, 15) is 0 Å². The highest BCUT2D eigenvalue weighted by molar-refractivity contribution is 7.15. The smallest absolute Gasteiger partial charge is 0.185 e. The van der Waals surface area contributed by atoms with Crippen LogP contribution in [0.5, 0.6) is 0 Å². The van der Waals surface area contributed by atoms with Gasteiger partial charge in [0.2, 0.25) is 0 Å². The summed E-state index contributed by atoms with van der Waals surface area (Å²) in [6.07, 6.45) is 2.26. The van der Waals surface area contributed by atoms with Crippen LogP contribution in [0.25, 0.3) is 0 Å². The SMILES string of the molecule is CCCNC(C)c1sc(N2CCCOCC2)nc1C. The van der Waals surface area contributed by atoms with Gasteiger partial charge in [-0.25, -0.2) is 4.98 Å². The summed E-state index contributed by atoms with van der Waals surface area (Å²) in [4.78, 5) is 8.48. The van der Waals surface area contributed by atoms with Gasteiger partial charge in [-0.15, -0.1) is 11.3 Å². The lowest BCUT2D eigenvalue weighted by Crippen LogP contribution is -2.25. The number of rotatable bonds is 5. The molecule has 1 aromatic heterocycles. The van der Waals surface area contributed by atoms with Crippen LogP contribution >= 0.6 is 11.3 Å². The Morgan fingerprint density at radius 2 is 2.26 bits per heavy atom. The molecule has 108 valence electrons. The number of hydrogen-bond donors (Lipinski definition) is 1. The van der Waals surface area contributed by atoms with Gasteiger partial charge in [-0.3, -0.25) is 0 Å². The zero-order valence-electron chi connectivity index (χ0n) is 12.2. The van der Waals surface area contributed by atoms with Crippen molar-refractivity contribution in [3.8, 4) is 0 Å². The van der Waals surface area contributed by atoms with Crippen LogP contribution in [-0.4, -0.2) is 37.8 Å². The van der Waals surface area contributed by atoms with Gasteiger partial charge in [0.25, 0.3) is 0 Å². The van der Waals surface area contributed by atoms with Crippen molar-refractivity contribution in [1.29, 1.82) is 0 Å². The Hall–Kier alpha value is -0.650. The molecular formula is C14H25N3OS. The molecule has 0 aliphatic carbocycles. The monoisotopic (exact) mass is 283 g/mol. The molecule has 1 aliphatic rings. The van der Waals surface area contributed by atoms with Gasteiger partial charge in [0.1, 0.15) is 0 Å². The van der Waals surface area contributed by atoms with Gasteiger partial charge in [-0.1, -0.05) is 6.92 Å².